The van der Waals surface area contributed by atoms with Crippen molar-refractivity contribution >= 4 is 10.9 Å². The molecule has 0 amide bonds. The van der Waals surface area contributed by atoms with E-state index >= 15 is 0 Å². The third kappa shape index (κ3) is 5.50. The molecule has 0 saturated carbocycles. The molecular weight excluding hydrogens is 565 g/mol. The zero-order valence-electron chi connectivity index (χ0n) is 25.9. The van der Waals surface area contributed by atoms with Gasteiger partial charge in [-0.1, -0.05) is 0 Å². The number of halogens is 1. The predicted octanol–water partition coefficient (Wildman–Crippen LogP) is 4.02. The summed E-state index contributed by atoms with van der Waals surface area (Å²) < 4.78 is 32.4. The molecule has 1 atom stereocenters. The largest absolute Gasteiger partial charge is 0.383 e. The molecule has 6 rings (SSSR count). The van der Waals surface area contributed by atoms with Crippen LogP contribution in [-0.4, -0.2) is 71.0 Å². The van der Waals surface area contributed by atoms with E-state index in [9.17, 15) is 14.3 Å². The Bertz CT molecular complexity index is 1870. The first kappa shape index (κ1) is 29.9. The summed E-state index contributed by atoms with van der Waals surface area (Å²) in [7, 11) is 1.65. The van der Waals surface area contributed by atoms with E-state index in [1.54, 1.807) is 65.5 Å². The number of aryl methyl sites for hydroxylation is 2. The van der Waals surface area contributed by atoms with Crippen LogP contribution < -0.4 is 5.69 Å². The van der Waals surface area contributed by atoms with Crippen LogP contribution in [0.15, 0.2) is 53.7 Å². The molecule has 1 aliphatic rings. The fourth-order valence-corrected chi connectivity index (χ4v) is 5.75. The fraction of sp³-hybridized carbons (Fsp3) is 0.406. The van der Waals surface area contributed by atoms with Crippen molar-refractivity contribution in [3.63, 3.8) is 0 Å². The lowest BCUT2D eigenvalue weighted by molar-refractivity contribution is -0.242. The van der Waals surface area contributed by atoms with Gasteiger partial charge in [-0.3, -0.25) is 18.7 Å². The van der Waals surface area contributed by atoms with Crippen molar-refractivity contribution in [2.45, 2.75) is 66.1 Å². The number of nitrogens with zero attached hydrogens (tertiary/aromatic N) is 7. The van der Waals surface area contributed by atoms with Gasteiger partial charge in [0.2, 0.25) is 6.41 Å². The van der Waals surface area contributed by atoms with Crippen LogP contribution in [0.4, 0.5) is 4.39 Å². The van der Waals surface area contributed by atoms with Crippen LogP contribution in [0.3, 0.4) is 0 Å². The van der Waals surface area contributed by atoms with Crippen LogP contribution in [0.1, 0.15) is 43.2 Å². The monoisotopic (exact) mass is 603 g/mol. The number of methoxy groups -OCH3 is 1. The molecule has 0 aliphatic carbocycles. The Balaban J connectivity index is 1.46. The second-order valence-corrected chi connectivity index (χ2v) is 12.3. The van der Waals surface area contributed by atoms with Crippen LogP contribution in [0.5, 0.6) is 0 Å². The number of aromatic nitrogens is 6. The molecule has 5 aromatic rings. The highest BCUT2D eigenvalue weighted by Gasteiger charge is 2.32. The van der Waals surface area contributed by atoms with E-state index in [1.807, 2.05) is 48.6 Å². The molecule has 1 aliphatic heterocycles. The van der Waals surface area contributed by atoms with Gasteiger partial charge in [0, 0.05) is 50.0 Å². The Labute approximate surface area is 254 Å². The molecule has 1 N–H and O–H groups in total. The van der Waals surface area contributed by atoms with Crippen LogP contribution in [0.2, 0.25) is 0 Å². The van der Waals surface area contributed by atoms with Crippen molar-refractivity contribution in [3.8, 4) is 17.2 Å². The van der Waals surface area contributed by atoms with Crippen LogP contribution in [0, 0.1) is 19.7 Å². The summed E-state index contributed by atoms with van der Waals surface area (Å²) in [6, 6.07) is 9.23. The Morgan fingerprint density at radius 1 is 1.07 bits per heavy atom. The third-order valence-corrected chi connectivity index (χ3v) is 7.89. The minimum atomic E-state index is -1.13. The number of ether oxygens (including phenoxy) is 2. The van der Waals surface area contributed by atoms with Crippen molar-refractivity contribution in [1.29, 1.82) is 0 Å². The second-order valence-electron chi connectivity index (χ2n) is 12.3. The molecule has 4 heterocycles. The molecule has 1 unspecified atom stereocenters. The molecule has 232 valence electrons. The molecular formula is C32H38FN7O4. The number of fused-ring (bicyclic) bond motifs is 2. The van der Waals surface area contributed by atoms with Gasteiger partial charge in [-0.15, -0.1) is 0 Å². The predicted molar refractivity (Wildman–Crippen MR) is 164 cm³/mol. The lowest BCUT2D eigenvalue weighted by atomic mass is 10.1. The number of rotatable bonds is 8. The number of imidazole rings is 1. The minimum Gasteiger partial charge on any atom is -0.383 e. The SMILES string of the molecule is COCCn1ncc2cc(-n3ccn(-c4c5c(nn4-c4cc(C)c(F)c(C)c4)CCN(C(O)OC(C)(C)C)C5)c3=O)ccc21. The summed E-state index contributed by atoms with van der Waals surface area (Å²) in [6.07, 6.45) is 4.63. The highest BCUT2D eigenvalue weighted by molar-refractivity contribution is 5.81. The van der Waals surface area contributed by atoms with E-state index in [0.29, 0.717) is 61.0 Å². The maximum Gasteiger partial charge on any atom is 0.338 e. The van der Waals surface area contributed by atoms with Crippen molar-refractivity contribution in [3.05, 3.63) is 87.6 Å². The quantitative estimate of drug-likeness (QED) is 0.267. The lowest BCUT2D eigenvalue weighted by Gasteiger charge is -2.34. The Morgan fingerprint density at radius 2 is 1.80 bits per heavy atom. The Kier molecular flexibility index (Phi) is 7.78. The summed E-state index contributed by atoms with van der Waals surface area (Å²) in [4.78, 5) is 15.9. The summed E-state index contributed by atoms with van der Waals surface area (Å²) in [5.74, 6) is 0.264. The van der Waals surface area contributed by atoms with Crippen LogP contribution in [-0.2, 0) is 29.0 Å². The van der Waals surface area contributed by atoms with E-state index in [0.717, 1.165) is 22.2 Å². The summed E-state index contributed by atoms with van der Waals surface area (Å²) in [5.41, 5.74) is 4.02. The maximum absolute atomic E-state index is 14.6. The van der Waals surface area contributed by atoms with E-state index in [4.69, 9.17) is 14.6 Å². The molecule has 0 saturated heterocycles. The maximum atomic E-state index is 14.6. The minimum absolute atomic E-state index is 0.273. The van der Waals surface area contributed by atoms with Gasteiger partial charge in [-0.2, -0.15) is 10.2 Å². The average Bonchev–Trinajstić information content (AvgIpc) is 3.67. The molecule has 44 heavy (non-hydrogen) atoms. The first-order valence-electron chi connectivity index (χ1n) is 14.7. The van der Waals surface area contributed by atoms with Gasteiger partial charge in [-0.05, 0) is 76.1 Å². The van der Waals surface area contributed by atoms with Gasteiger partial charge in [0.25, 0.3) is 0 Å². The number of aliphatic hydroxyl groups is 1. The highest BCUT2D eigenvalue weighted by atomic mass is 19.1. The van der Waals surface area contributed by atoms with E-state index < -0.39 is 12.0 Å². The summed E-state index contributed by atoms with van der Waals surface area (Å²) in [5, 5.41) is 21.2. The zero-order chi connectivity index (χ0) is 31.3. The van der Waals surface area contributed by atoms with Crippen LogP contribution >= 0.6 is 0 Å². The fourth-order valence-electron chi connectivity index (χ4n) is 5.75. The number of hydrogen-bond donors (Lipinski definition) is 1. The number of hydrogen-bond acceptors (Lipinski definition) is 7. The molecule has 12 heteroatoms. The molecule has 3 aromatic heterocycles. The molecule has 0 bridgehead atoms. The molecule has 11 nitrogen and oxygen atoms in total. The van der Waals surface area contributed by atoms with Crippen molar-refractivity contribution in [1.82, 2.24) is 33.6 Å². The van der Waals surface area contributed by atoms with Crippen molar-refractivity contribution < 1.29 is 19.0 Å². The first-order chi connectivity index (χ1) is 20.9. The van der Waals surface area contributed by atoms with Gasteiger partial charge in [-0.25, -0.2) is 13.9 Å². The van der Waals surface area contributed by atoms with E-state index in [-0.39, 0.29) is 11.5 Å². The van der Waals surface area contributed by atoms with Gasteiger partial charge in [0.05, 0.1) is 47.5 Å². The van der Waals surface area contributed by atoms with Crippen LogP contribution in [0.25, 0.3) is 28.1 Å². The second kappa shape index (κ2) is 11.4. The topological polar surface area (TPSA) is 104 Å². The summed E-state index contributed by atoms with van der Waals surface area (Å²) >= 11 is 0. The number of benzene rings is 2. The summed E-state index contributed by atoms with van der Waals surface area (Å²) in [6.45, 7) is 11.1. The average molecular weight is 604 g/mol. The highest BCUT2D eigenvalue weighted by Crippen LogP contribution is 2.30. The van der Waals surface area contributed by atoms with E-state index in [2.05, 4.69) is 5.10 Å². The Morgan fingerprint density at radius 3 is 2.50 bits per heavy atom. The van der Waals surface area contributed by atoms with Crippen molar-refractivity contribution in [2.24, 2.45) is 0 Å². The van der Waals surface area contributed by atoms with Crippen molar-refractivity contribution in [2.75, 3.05) is 20.3 Å². The lowest BCUT2D eigenvalue weighted by Crippen LogP contribution is -2.44. The Hall–Kier alpha value is -4.10. The van der Waals surface area contributed by atoms with Gasteiger partial charge in [0.1, 0.15) is 11.6 Å². The van der Waals surface area contributed by atoms with Gasteiger partial charge < -0.3 is 14.6 Å². The first-order valence-corrected chi connectivity index (χ1v) is 14.7. The van der Waals surface area contributed by atoms with Gasteiger partial charge >= 0.3 is 5.69 Å². The third-order valence-electron chi connectivity index (χ3n) is 7.89. The zero-order valence-corrected chi connectivity index (χ0v) is 25.9. The van der Waals surface area contributed by atoms with Gasteiger partial charge in [0.15, 0.2) is 0 Å². The van der Waals surface area contributed by atoms with E-state index in [1.165, 1.54) is 0 Å². The normalized spacial score (nSPS) is 14.8. The molecule has 0 spiro atoms. The molecule has 0 fully saturated rings. The molecule has 2 aromatic carbocycles. The number of aliphatic hydroxyl groups excluding tert-OH is 1. The standard InChI is InChI=1S/C32H38FN7O4/c1-20-15-24(16-21(2)28(20)33)40-29(25-19-36(10-9-26(25)35-40)31(42)44-32(3,4)5)38-12-11-37(30(38)41)23-7-8-27-22(17-23)18-34-39(27)13-14-43-6/h7-8,11-12,15-18,31,42H,9-10,13-14,19H2,1-6H3. The molecule has 0 radical (unpaired) electrons. The smallest absolute Gasteiger partial charge is 0.338 e.